The number of methoxy groups -OCH3 is 1. The zero-order valence-corrected chi connectivity index (χ0v) is 20.2. The first-order valence-electron chi connectivity index (χ1n) is 11.5. The Kier molecular flexibility index (Phi) is 19.0. The van der Waals surface area contributed by atoms with Crippen LogP contribution >= 0.6 is 8.17 Å². The largest absolute Gasteiger partial charge is 0.567 e. The van der Waals surface area contributed by atoms with Gasteiger partial charge in [0.05, 0.1) is 7.11 Å². The molecule has 0 saturated heterocycles. The minimum absolute atomic E-state index is 0.253. The van der Waals surface area contributed by atoms with Gasteiger partial charge in [0.15, 0.2) is 6.04 Å². The first kappa shape index (κ1) is 29.9. The lowest BCUT2D eigenvalue weighted by Gasteiger charge is -2.15. The van der Waals surface area contributed by atoms with E-state index in [1.165, 1.54) is 44.9 Å². The Bertz CT molecular complexity index is 495. The van der Waals surface area contributed by atoms with Crippen LogP contribution < -0.4 is 5.32 Å². The van der Waals surface area contributed by atoms with Crippen LogP contribution in [0.3, 0.4) is 0 Å². The zero-order valence-electron chi connectivity index (χ0n) is 19.3. The average molecular weight is 465 g/mol. The second-order valence-electron chi connectivity index (χ2n) is 7.79. The minimum Gasteiger partial charge on any atom is -0.467 e. The summed E-state index contributed by atoms with van der Waals surface area (Å²) in [6.45, 7) is 1.66. The second kappa shape index (κ2) is 19.6. The number of hydrogen-bond donors (Lipinski definition) is 4. The molecule has 9 heteroatoms. The quantitative estimate of drug-likeness (QED) is 0.0913. The number of ether oxygens (including phenoxy) is 1. The zero-order chi connectivity index (χ0) is 23.4. The number of carbonyl (C=O) groups excluding carboxylic acids is 2. The molecule has 0 aromatic heterocycles. The lowest BCUT2D eigenvalue weighted by molar-refractivity contribution is -0.146. The molecule has 4 N–H and O–H groups in total. The van der Waals surface area contributed by atoms with Crippen molar-refractivity contribution in [1.29, 1.82) is 0 Å². The highest BCUT2D eigenvalue weighted by atomic mass is 31.2. The molecule has 8 nitrogen and oxygen atoms in total. The molecule has 0 aromatic rings. The van der Waals surface area contributed by atoms with Gasteiger partial charge < -0.3 is 10.1 Å². The van der Waals surface area contributed by atoms with Crippen LogP contribution in [0.25, 0.3) is 0 Å². The van der Waals surface area contributed by atoms with Gasteiger partial charge in [-0.05, 0) is 32.1 Å². The van der Waals surface area contributed by atoms with Crippen molar-refractivity contribution in [3.63, 3.8) is 0 Å². The number of allylic oxidation sites excluding steroid dienone is 2. The maximum atomic E-state index is 12.0. The van der Waals surface area contributed by atoms with E-state index >= 15 is 0 Å². The molecule has 0 aliphatic heterocycles. The van der Waals surface area contributed by atoms with Crippen LogP contribution in [0.2, 0.25) is 0 Å². The summed E-state index contributed by atoms with van der Waals surface area (Å²) in [4.78, 5) is 50.1. The van der Waals surface area contributed by atoms with Crippen molar-refractivity contribution in [2.24, 2.45) is 0 Å². The van der Waals surface area contributed by atoms with Crippen molar-refractivity contribution >= 4 is 20.0 Å². The Balaban J connectivity index is 3.71. The van der Waals surface area contributed by atoms with Gasteiger partial charge >= 0.3 is 14.1 Å². The molecule has 0 bridgehead atoms. The molecule has 0 unspecified atom stereocenters. The molecule has 1 atom stereocenters. The van der Waals surface area contributed by atoms with E-state index in [4.69, 9.17) is 14.7 Å². The monoisotopic (exact) mass is 464 g/mol. The van der Waals surface area contributed by atoms with E-state index in [2.05, 4.69) is 33.7 Å². The highest BCUT2D eigenvalue weighted by molar-refractivity contribution is 7.53. The number of rotatable bonds is 20. The Hall–Kier alpha value is -1.05. The SMILES string of the molecule is CCCCCCCC/C=C\CCCCCCCC(=O)N[C@@H](CO[P+](O)(O)O)C(=O)OC. The molecule has 1 amide bonds. The van der Waals surface area contributed by atoms with Crippen LogP contribution in [-0.2, 0) is 18.8 Å². The summed E-state index contributed by atoms with van der Waals surface area (Å²) in [6, 6.07) is -1.20. The van der Waals surface area contributed by atoms with E-state index in [1.807, 2.05) is 0 Å². The van der Waals surface area contributed by atoms with Gasteiger partial charge in [-0.2, -0.15) is 19.2 Å². The fourth-order valence-corrected chi connectivity index (χ4v) is 3.46. The Morgan fingerprint density at radius 3 is 1.90 bits per heavy atom. The molecular formula is C22H43NO7P+. The third kappa shape index (κ3) is 20.6. The third-order valence-electron chi connectivity index (χ3n) is 4.90. The number of nitrogens with one attached hydrogen (secondary N) is 1. The van der Waals surface area contributed by atoms with E-state index in [-0.39, 0.29) is 12.3 Å². The molecule has 0 saturated carbocycles. The van der Waals surface area contributed by atoms with Crippen molar-refractivity contribution in [3.05, 3.63) is 12.2 Å². The van der Waals surface area contributed by atoms with Crippen LogP contribution in [0.4, 0.5) is 0 Å². The number of esters is 1. The molecule has 0 aromatic carbocycles. The Morgan fingerprint density at radius 1 is 0.871 bits per heavy atom. The molecule has 0 aliphatic carbocycles. The van der Waals surface area contributed by atoms with E-state index in [0.717, 1.165) is 39.2 Å². The van der Waals surface area contributed by atoms with Crippen molar-refractivity contribution in [1.82, 2.24) is 5.32 Å². The fourth-order valence-electron chi connectivity index (χ4n) is 3.11. The van der Waals surface area contributed by atoms with Gasteiger partial charge in [0.1, 0.15) is 6.61 Å². The van der Waals surface area contributed by atoms with Gasteiger partial charge in [-0.25, -0.2) is 4.79 Å². The number of carbonyl (C=O) groups is 2. The predicted molar refractivity (Wildman–Crippen MR) is 123 cm³/mol. The van der Waals surface area contributed by atoms with Crippen LogP contribution in [0.15, 0.2) is 12.2 Å². The topological polar surface area (TPSA) is 125 Å². The maximum absolute atomic E-state index is 12.0. The summed E-state index contributed by atoms with van der Waals surface area (Å²) in [5.41, 5.74) is 0. The van der Waals surface area contributed by atoms with Gasteiger partial charge in [-0.3, -0.25) is 4.79 Å². The maximum Gasteiger partial charge on any atom is 0.567 e. The van der Waals surface area contributed by atoms with E-state index in [9.17, 15) is 9.59 Å². The van der Waals surface area contributed by atoms with Gasteiger partial charge in [-0.1, -0.05) is 70.4 Å². The van der Waals surface area contributed by atoms with Crippen molar-refractivity contribution in [3.8, 4) is 0 Å². The highest BCUT2D eigenvalue weighted by Crippen LogP contribution is 2.45. The number of unbranched alkanes of at least 4 members (excludes halogenated alkanes) is 11. The van der Waals surface area contributed by atoms with Gasteiger partial charge in [0.25, 0.3) is 0 Å². The normalized spacial score (nSPS) is 12.8. The Labute approximate surface area is 188 Å². The fraction of sp³-hybridized carbons (Fsp3) is 0.818. The molecule has 0 spiro atoms. The first-order chi connectivity index (χ1) is 14.8. The number of hydrogen-bond acceptors (Lipinski definition) is 7. The van der Waals surface area contributed by atoms with Gasteiger partial charge in [0.2, 0.25) is 5.91 Å². The average Bonchev–Trinajstić information content (AvgIpc) is 2.72. The van der Waals surface area contributed by atoms with Crippen molar-refractivity contribution in [2.75, 3.05) is 13.7 Å². The predicted octanol–water partition coefficient (Wildman–Crippen LogP) is 4.35. The second-order valence-corrected chi connectivity index (χ2v) is 9.07. The van der Waals surface area contributed by atoms with Gasteiger partial charge in [-0.15, -0.1) is 0 Å². The molecule has 0 aliphatic rings. The summed E-state index contributed by atoms with van der Waals surface area (Å²) in [6.07, 6.45) is 20.0. The van der Waals surface area contributed by atoms with Crippen LogP contribution in [0, 0.1) is 0 Å². The Morgan fingerprint density at radius 2 is 1.39 bits per heavy atom. The standard InChI is InChI=1S/C22H42NO7P/c1-3-4-5-6-7-8-9-10-11-12-13-14-15-16-17-18-21(24)23-20(22(25)29-2)19-30-31(26,27)28/h10-11,20,26-28H,3-9,12-19H2,1-2H3/p+1/b11-10-/t20-/m0/s1. The third-order valence-corrected chi connectivity index (χ3v) is 5.40. The summed E-state index contributed by atoms with van der Waals surface area (Å²) < 4.78 is 8.94. The van der Waals surface area contributed by atoms with Crippen LogP contribution in [0.1, 0.15) is 96.8 Å². The smallest absolute Gasteiger partial charge is 0.467 e. The lowest BCUT2D eigenvalue weighted by atomic mass is 10.1. The van der Waals surface area contributed by atoms with E-state index < -0.39 is 26.8 Å². The molecule has 31 heavy (non-hydrogen) atoms. The first-order valence-corrected chi connectivity index (χ1v) is 13.1. The molecule has 0 rings (SSSR count). The van der Waals surface area contributed by atoms with E-state index in [0.29, 0.717) is 6.42 Å². The summed E-state index contributed by atoms with van der Waals surface area (Å²) >= 11 is 0. The molecule has 0 heterocycles. The molecule has 182 valence electrons. The minimum atomic E-state index is -4.48. The van der Waals surface area contributed by atoms with Crippen molar-refractivity contribution in [2.45, 2.75) is 103 Å². The summed E-state index contributed by atoms with van der Waals surface area (Å²) in [7, 11) is -3.34. The highest BCUT2D eigenvalue weighted by Gasteiger charge is 2.36. The van der Waals surface area contributed by atoms with Crippen LogP contribution in [0.5, 0.6) is 0 Å². The number of amides is 1. The molecule has 0 radical (unpaired) electrons. The molecule has 0 fully saturated rings. The lowest BCUT2D eigenvalue weighted by Crippen LogP contribution is -2.44. The van der Waals surface area contributed by atoms with Crippen molar-refractivity contribution < 1.29 is 33.5 Å². The van der Waals surface area contributed by atoms with E-state index in [1.54, 1.807) is 0 Å². The summed E-state index contributed by atoms with van der Waals surface area (Å²) in [5.74, 6) is -1.14. The summed E-state index contributed by atoms with van der Waals surface area (Å²) in [5, 5.41) is 2.43. The molecular weight excluding hydrogens is 421 g/mol. The van der Waals surface area contributed by atoms with Gasteiger partial charge in [0, 0.05) is 6.42 Å². The van der Waals surface area contributed by atoms with Crippen LogP contribution in [-0.4, -0.2) is 46.3 Å².